The number of rotatable bonds is 4. The molecule has 1 aromatic heterocycles. The van der Waals surface area contributed by atoms with Crippen molar-refractivity contribution in [3.8, 4) is 0 Å². The van der Waals surface area contributed by atoms with E-state index in [-0.39, 0.29) is 18.2 Å². The van der Waals surface area contributed by atoms with E-state index in [0.717, 1.165) is 29.9 Å². The van der Waals surface area contributed by atoms with E-state index in [1.807, 2.05) is 20.8 Å². The molecule has 0 radical (unpaired) electrons. The Bertz CT molecular complexity index is 518. The number of piperidine rings is 1. The van der Waals surface area contributed by atoms with Crippen LogP contribution in [0.4, 0.5) is 0 Å². The summed E-state index contributed by atoms with van der Waals surface area (Å²) in [6.45, 7) is 6.17. The Hall–Kier alpha value is -1.85. The minimum atomic E-state index is -0.909. The highest BCUT2D eigenvalue weighted by Gasteiger charge is 2.33. The topological polar surface area (TPSA) is 83.6 Å². The van der Waals surface area contributed by atoms with Crippen LogP contribution in [-0.4, -0.2) is 39.6 Å². The number of hydrogen-bond donors (Lipinski definition) is 1. The van der Waals surface area contributed by atoms with Crippen LogP contribution in [0, 0.1) is 13.8 Å². The molecule has 1 saturated heterocycles. The Kier molecular flexibility index (Phi) is 4.65. The fourth-order valence-corrected chi connectivity index (χ4v) is 3.16. The highest BCUT2D eigenvalue weighted by molar-refractivity contribution is 5.84. The number of nitrogens with zero attached hydrogens (tertiary/aromatic N) is 2. The molecule has 0 saturated carbocycles. The van der Waals surface area contributed by atoms with Crippen LogP contribution in [0.5, 0.6) is 0 Å². The number of aryl methyl sites for hydroxylation is 2. The summed E-state index contributed by atoms with van der Waals surface area (Å²) in [5, 5.41) is 13.2. The summed E-state index contributed by atoms with van der Waals surface area (Å²) < 4.78 is 5.13. The average Bonchev–Trinajstić information content (AvgIpc) is 2.78. The molecule has 1 aromatic rings. The summed E-state index contributed by atoms with van der Waals surface area (Å²) in [5.41, 5.74) is 1.74. The summed E-state index contributed by atoms with van der Waals surface area (Å²) in [6.07, 6.45) is 2.56. The highest BCUT2D eigenvalue weighted by atomic mass is 16.5. The van der Waals surface area contributed by atoms with Crippen LogP contribution < -0.4 is 0 Å². The molecule has 1 N–H and O–H groups in total. The third-order valence-electron chi connectivity index (χ3n) is 4.17. The predicted octanol–water partition coefficient (Wildman–Crippen LogP) is 2.25. The lowest BCUT2D eigenvalue weighted by Gasteiger charge is -2.33. The van der Waals surface area contributed by atoms with Crippen LogP contribution in [0.25, 0.3) is 0 Å². The van der Waals surface area contributed by atoms with Gasteiger partial charge in [-0.2, -0.15) is 0 Å². The third-order valence-corrected chi connectivity index (χ3v) is 4.17. The first kappa shape index (κ1) is 15.5. The summed E-state index contributed by atoms with van der Waals surface area (Å²) in [7, 11) is 0. The minimum absolute atomic E-state index is 0.0277. The van der Waals surface area contributed by atoms with Crippen LogP contribution in [0.2, 0.25) is 0 Å². The van der Waals surface area contributed by atoms with Gasteiger partial charge in [0.1, 0.15) is 11.8 Å². The number of aliphatic carboxylic acids is 1. The number of carbonyl (C=O) groups is 2. The molecule has 6 heteroatoms. The van der Waals surface area contributed by atoms with E-state index in [2.05, 4.69) is 5.16 Å². The molecule has 0 aliphatic carbocycles. The van der Waals surface area contributed by atoms with E-state index in [0.29, 0.717) is 13.0 Å². The normalized spacial score (nSPS) is 20.3. The second-order valence-electron chi connectivity index (χ2n) is 5.78. The van der Waals surface area contributed by atoms with Gasteiger partial charge in [0.2, 0.25) is 5.91 Å². The van der Waals surface area contributed by atoms with E-state index in [1.165, 1.54) is 4.90 Å². The first-order valence-electron chi connectivity index (χ1n) is 7.36. The predicted molar refractivity (Wildman–Crippen MR) is 76.0 cm³/mol. The molecule has 0 aromatic carbocycles. The number of carboxylic acid groups (broad SMARTS) is 1. The van der Waals surface area contributed by atoms with Crippen molar-refractivity contribution in [3.05, 3.63) is 17.0 Å². The zero-order chi connectivity index (χ0) is 15.6. The van der Waals surface area contributed by atoms with Crippen LogP contribution in [0.1, 0.15) is 55.5 Å². The molecule has 2 atom stereocenters. The van der Waals surface area contributed by atoms with Crippen LogP contribution in [0.15, 0.2) is 4.52 Å². The Labute approximate surface area is 124 Å². The van der Waals surface area contributed by atoms with Crippen LogP contribution in [0.3, 0.4) is 0 Å². The van der Waals surface area contributed by atoms with Gasteiger partial charge < -0.3 is 14.5 Å². The molecule has 1 unspecified atom stereocenters. The van der Waals surface area contributed by atoms with Crippen molar-refractivity contribution in [2.45, 2.75) is 58.4 Å². The van der Waals surface area contributed by atoms with Gasteiger partial charge in [-0.05, 0) is 39.0 Å². The first-order valence-corrected chi connectivity index (χ1v) is 7.36. The molecule has 1 fully saturated rings. The molecule has 6 nitrogen and oxygen atoms in total. The zero-order valence-corrected chi connectivity index (χ0v) is 12.8. The maximum absolute atomic E-state index is 12.5. The maximum atomic E-state index is 12.5. The monoisotopic (exact) mass is 294 g/mol. The number of aromatic nitrogens is 1. The summed E-state index contributed by atoms with van der Waals surface area (Å²) in [5.74, 6) is -0.316. The molecule has 1 aliphatic heterocycles. The standard InChI is InChI=1S/C15H22N2O4/c1-9(14-10(2)16-21-11(14)3)8-13(18)17-7-5-4-6-12(17)15(19)20/h9,12H,4-8H2,1-3H3,(H,19,20)/t9?,12-/m1/s1. The van der Waals surface area contributed by atoms with Gasteiger partial charge in [-0.15, -0.1) is 0 Å². The van der Waals surface area contributed by atoms with Gasteiger partial charge in [0.05, 0.1) is 5.69 Å². The highest BCUT2D eigenvalue weighted by Crippen LogP contribution is 2.28. The molecule has 116 valence electrons. The molecule has 21 heavy (non-hydrogen) atoms. The van der Waals surface area contributed by atoms with Gasteiger partial charge in [0.15, 0.2) is 0 Å². The van der Waals surface area contributed by atoms with Crippen molar-refractivity contribution in [2.75, 3.05) is 6.54 Å². The van der Waals surface area contributed by atoms with E-state index < -0.39 is 12.0 Å². The van der Waals surface area contributed by atoms with Gasteiger partial charge in [0.25, 0.3) is 0 Å². The van der Waals surface area contributed by atoms with Crippen LogP contribution in [-0.2, 0) is 9.59 Å². The minimum Gasteiger partial charge on any atom is -0.480 e. The fraction of sp³-hybridized carbons (Fsp3) is 0.667. The van der Waals surface area contributed by atoms with Gasteiger partial charge in [-0.3, -0.25) is 4.79 Å². The number of carbonyl (C=O) groups excluding carboxylic acids is 1. The largest absolute Gasteiger partial charge is 0.480 e. The van der Waals surface area contributed by atoms with Crippen molar-refractivity contribution < 1.29 is 19.2 Å². The van der Waals surface area contributed by atoms with Gasteiger partial charge >= 0.3 is 5.97 Å². The Morgan fingerprint density at radius 3 is 2.71 bits per heavy atom. The molecule has 0 spiro atoms. The second kappa shape index (κ2) is 6.28. The fourth-order valence-electron chi connectivity index (χ4n) is 3.16. The van der Waals surface area contributed by atoms with E-state index in [1.54, 1.807) is 0 Å². The van der Waals surface area contributed by atoms with Gasteiger partial charge in [0, 0.05) is 18.5 Å². The number of hydrogen-bond acceptors (Lipinski definition) is 4. The molecule has 0 bridgehead atoms. The van der Waals surface area contributed by atoms with Crippen molar-refractivity contribution in [1.29, 1.82) is 0 Å². The third kappa shape index (κ3) is 3.25. The number of carboxylic acids is 1. The molecule has 2 rings (SSSR count). The van der Waals surface area contributed by atoms with Crippen molar-refractivity contribution in [3.63, 3.8) is 0 Å². The second-order valence-corrected chi connectivity index (χ2v) is 5.78. The average molecular weight is 294 g/mol. The summed E-state index contributed by atoms with van der Waals surface area (Å²) in [4.78, 5) is 25.2. The number of amides is 1. The Morgan fingerprint density at radius 2 is 2.14 bits per heavy atom. The molecule has 2 heterocycles. The van der Waals surface area contributed by atoms with E-state index in [9.17, 15) is 14.7 Å². The molecular formula is C15H22N2O4. The summed E-state index contributed by atoms with van der Waals surface area (Å²) >= 11 is 0. The smallest absolute Gasteiger partial charge is 0.326 e. The quantitative estimate of drug-likeness (QED) is 0.920. The number of likely N-dealkylation sites (tertiary alicyclic amines) is 1. The lowest BCUT2D eigenvalue weighted by atomic mass is 9.94. The van der Waals surface area contributed by atoms with Gasteiger partial charge in [-0.1, -0.05) is 12.1 Å². The Morgan fingerprint density at radius 1 is 1.43 bits per heavy atom. The van der Waals surface area contributed by atoms with Crippen LogP contribution >= 0.6 is 0 Å². The summed E-state index contributed by atoms with van der Waals surface area (Å²) in [6, 6.07) is -0.678. The van der Waals surface area contributed by atoms with E-state index >= 15 is 0 Å². The molecule has 1 amide bonds. The van der Waals surface area contributed by atoms with Gasteiger partial charge in [-0.25, -0.2) is 4.79 Å². The van der Waals surface area contributed by atoms with Crippen molar-refractivity contribution >= 4 is 11.9 Å². The zero-order valence-electron chi connectivity index (χ0n) is 12.8. The lowest BCUT2D eigenvalue weighted by molar-refractivity contribution is -0.152. The first-order chi connectivity index (χ1) is 9.91. The Balaban J connectivity index is 2.08. The van der Waals surface area contributed by atoms with E-state index in [4.69, 9.17) is 4.52 Å². The molecule has 1 aliphatic rings. The SMILES string of the molecule is Cc1noc(C)c1C(C)CC(=O)N1CCCC[C@@H]1C(=O)O. The molecular weight excluding hydrogens is 272 g/mol. The lowest BCUT2D eigenvalue weighted by Crippen LogP contribution is -2.48. The van der Waals surface area contributed by atoms with Crippen molar-refractivity contribution in [1.82, 2.24) is 10.1 Å². The van der Waals surface area contributed by atoms with Crippen molar-refractivity contribution in [2.24, 2.45) is 0 Å². The maximum Gasteiger partial charge on any atom is 0.326 e.